The van der Waals surface area contributed by atoms with Crippen molar-refractivity contribution in [2.75, 3.05) is 6.61 Å². The first-order valence-electron chi connectivity index (χ1n) is 8.15. The predicted octanol–water partition coefficient (Wildman–Crippen LogP) is 3.17. The van der Waals surface area contributed by atoms with E-state index in [1.807, 2.05) is 13.8 Å². The van der Waals surface area contributed by atoms with Gasteiger partial charge in [0, 0.05) is 28.1 Å². The van der Waals surface area contributed by atoms with Gasteiger partial charge in [-0.1, -0.05) is 27.7 Å². The third kappa shape index (κ3) is 2.85. The molecule has 4 nitrogen and oxygen atoms in total. The maximum atomic E-state index is 12.4. The number of carbonyl (C=O) groups is 1. The van der Waals surface area contributed by atoms with E-state index in [1.165, 1.54) is 0 Å². The lowest BCUT2D eigenvalue weighted by Crippen LogP contribution is -2.61. The van der Waals surface area contributed by atoms with Gasteiger partial charge in [0.25, 0.3) is 0 Å². The summed E-state index contributed by atoms with van der Waals surface area (Å²) < 4.78 is 23.5. The predicted molar refractivity (Wildman–Crippen MR) is 88.8 cm³/mol. The molecule has 0 unspecified atom stereocenters. The summed E-state index contributed by atoms with van der Waals surface area (Å²) in [5.74, 6) is 0.0111. The Bertz CT molecular complexity index is 620. The third-order valence-electron chi connectivity index (χ3n) is 4.98. The molecular weight excluding hydrogens is 312 g/mol. The second kappa shape index (κ2) is 6.02. The Morgan fingerprint density at radius 1 is 1.30 bits per heavy atom. The van der Waals surface area contributed by atoms with Crippen LogP contribution in [0.1, 0.15) is 44.5 Å². The smallest absolute Gasteiger partial charge is 0.338 e. The van der Waals surface area contributed by atoms with Gasteiger partial charge in [-0.3, -0.25) is 4.21 Å². The maximum absolute atomic E-state index is 12.4. The largest absolute Gasteiger partial charge is 0.458 e. The highest BCUT2D eigenvalue weighted by Gasteiger charge is 2.61. The molecular formula is C18H24O4S. The van der Waals surface area contributed by atoms with E-state index in [9.17, 15) is 9.00 Å². The zero-order valence-electron chi connectivity index (χ0n) is 14.1. The van der Waals surface area contributed by atoms with Gasteiger partial charge in [-0.15, -0.1) is 0 Å². The van der Waals surface area contributed by atoms with Crippen LogP contribution >= 0.6 is 0 Å². The highest BCUT2D eigenvalue weighted by Crippen LogP contribution is 2.53. The van der Waals surface area contributed by atoms with Crippen molar-refractivity contribution in [3.63, 3.8) is 0 Å². The molecule has 0 aromatic heterocycles. The second-order valence-electron chi connectivity index (χ2n) is 7.26. The van der Waals surface area contributed by atoms with Crippen LogP contribution in [0.5, 0.6) is 0 Å². The molecule has 1 aliphatic heterocycles. The van der Waals surface area contributed by atoms with Crippen molar-refractivity contribution in [3.8, 4) is 0 Å². The molecule has 0 spiro atoms. The van der Waals surface area contributed by atoms with Gasteiger partial charge in [0.2, 0.25) is 0 Å². The Balaban J connectivity index is 1.68. The normalized spacial score (nSPS) is 29.7. The molecule has 0 bridgehead atoms. The molecule has 0 N–H and O–H groups in total. The fraction of sp³-hybridized carbons (Fsp3) is 0.611. The lowest BCUT2D eigenvalue weighted by molar-refractivity contribution is -0.183. The van der Waals surface area contributed by atoms with Crippen LogP contribution in [0.3, 0.4) is 0 Å². The second-order valence-corrected chi connectivity index (χ2v) is 9.27. The molecule has 1 aromatic rings. The van der Waals surface area contributed by atoms with Crippen LogP contribution in [0, 0.1) is 11.3 Å². The molecule has 2 aliphatic rings. The molecule has 1 heterocycles. The van der Waals surface area contributed by atoms with Crippen LogP contribution in [0.15, 0.2) is 29.2 Å². The average Bonchev–Trinajstić information content (AvgIpc) is 2.98. The molecule has 3 rings (SSSR count). The number of ether oxygens (including phenoxy) is 2. The molecule has 23 heavy (non-hydrogen) atoms. The van der Waals surface area contributed by atoms with Gasteiger partial charge < -0.3 is 9.47 Å². The Kier molecular flexibility index (Phi) is 4.36. The Hall–Kier alpha value is -1.20. The first-order valence-corrected chi connectivity index (χ1v) is 9.37. The van der Waals surface area contributed by atoms with Crippen LogP contribution in [0.2, 0.25) is 0 Å². The molecule has 1 saturated carbocycles. The Morgan fingerprint density at radius 3 is 2.57 bits per heavy atom. The number of hydrogen-bond acceptors (Lipinski definition) is 4. The van der Waals surface area contributed by atoms with E-state index >= 15 is 0 Å². The van der Waals surface area contributed by atoms with Gasteiger partial charge in [-0.25, -0.2) is 4.79 Å². The van der Waals surface area contributed by atoms with E-state index in [4.69, 9.17) is 9.47 Å². The van der Waals surface area contributed by atoms with Crippen LogP contribution in [0.4, 0.5) is 0 Å². The number of fused-ring (bicyclic) bond motifs is 1. The van der Waals surface area contributed by atoms with Crippen LogP contribution in [-0.2, 0) is 20.3 Å². The van der Waals surface area contributed by atoms with E-state index in [-0.39, 0.29) is 28.8 Å². The molecule has 2 fully saturated rings. The minimum Gasteiger partial charge on any atom is -0.458 e. The van der Waals surface area contributed by atoms with E-state index in [1.54, 1.807) is 24.3 Å². The highest BCUT2D eigenvalue weighted by molar-refractivity contribution is 7.85. The lowest BCUT2D eigenvalue weighted by Gasteiger charge is -2.53. The Morgan fingerprint density at radius 2 is 1.96 bits per heavy atom. The minimum absolute atomic E-state index is 0.0582. The van der Waals surface area contributed by atoms with Gasteiger partial charge >= 0.3 is 5.97 Å². The molecule has 0 amide bonds. The first-order chi connectivity index (χ1) is 10.8. The molecule has 1 saturated heterocycles. The van der Waals surface area contributed by atoms with Crippen molar-refractivity contribution < 1.29 is 18.5 Å². The zero-order chi connectivity index (χ0) is 16.8. The van der Waals surface area contributed by atoms with Crippen molar-refractivity contribution in [1.82, 2.24) is 0 Å². The first kappa shape index (κ1) is 16.7. The molecule has 1 aromatic carbocycles. The van der Waals surface area contributed by atoms with Crippen molar-refractivity contribution in [1.29, 1.82) is 0 Å². The summed E-state index contributed by atoms with van der Waals surface area (Å²) in [5, 5.41) is 0.0582. The fourth-order valence-corrected chi connectivity index (χ4v) is 4.65. The van der Waals surface area contributed by atoms with Crippen LogP contribution < -0.4 is 0 Å². The summed E-state index contributed by atoms with van der Waals surface area (Å²) in [6.07, 6.45) is 1.07. The summed E-state index contributed by atoms with van der Waals surface area (Å²) in [7, 11) is -1.04. The van der Waals surface area contributed by atoms with Crippen molar-refractivity contribution >= 4 is 16.8 Å². The standard InChI is InChI=1S/C18H24O4S/c1-11(2)23(20)13-7-5-12(6-8-13)17(19)22-16-14-9-10-21-15(14)18(16,3)4/h5-8,11,14-16H,9-10H2,1-4H3/t14-,15-,16-,23+/m1/s1. The summed E-state index contributed by atoms with van der Waals surface area (Å²) >= 11 is 0. The maximum Gasteiger partial charge on any atom is 0.338 e. The minimum atomic E-state index is -1.04. The molecule has 126 valence electrons. The van der Waals surface area contributed by atoms with E-state index in [2.05, 4.69) is 13.8 Å². The van der Waals surface area contributed by atoms with Crippen LogP contribution in [-0.4, -0.2) is 34.2 Å². The quantitative estimate of drug-likeness (QED) is 0.793. The van der Waals surface area contributed by atoms with E-state index < -0.39 is 10.8 Å². The van der Waals surface area contributed by atoms with Gasteiger partial charge in [0.15, 0.2) is 0 Å². The van der Waals surface area contributed by atoms with Gasteiger partial charge in [0.1, 0.15) is 6.10 Å². The number of hydrogen-bond donors (Lipinski definition) is 0. The summed E-state index contributed by atoms with van der Waals surface area (Å²) in [4.78, 5) is 13.1. The Labute approximate surface area is 140 Å². The average molecular weight is 336 g/mol. The SMILES string of the molecule is CC(C)[S@](=O)c1ccc(C(=O)O[C@@H]2[C@@H]3CCO[C@H]3C2(C)C)cc1. The molecule has 4 atom stereocenters. The van der Waals surface area contributed by atoms with Crippen molar-refractivity contribution in [2.45, 2.75) is 56.5 Å². The van der Waals surface area contributed by atoms with Gasteiger partial charge in [-0.05, 0) is 30.7 Å². The zero-order valence-corrected chi connectivity index (χ0v) is 14.9. The number of esters is 1. The third-order valence-corrected chi connectivity index (χ3v) is 6.57. The molecule has 5 heteroatoms. The van der Waals surface area contributed by atoms with Gasteiger partial charge in [0.05, 0.1) is 22.5 Å². The fourth-order valence-electron chi connectivity index (χ4n) is 3.70. The topological polar surface area (TPSA) is 52.6 Å². The number of benzene rings is 1. The van der Waals surface area contributed by atoms with Crippen LogP contribution in [0.25, 0.3) is 0 Å². The summed E-state index contributed by atoms with van der Waals surface area (Å²) in [6.45, 7) is 8.76. The van der Waals surface area contributed by atoms with E-state index in [0.717, 1.165) is 17.9 Å². The number of rotatable bonds is 4. The summed E-state index contributed by atoms with van der Waals surface area (Å²) in [5.41, 5.74) is 0.378. The van der Waals surface area contributed by atoms with E-state index in [0.29, 0.717) is 11.5 Å². The van der Waals surface area contributed by atoms with Crippen molar-refractivity contribution in [2.24, 2.45) is 11.3 Å². The van der Waals surface area contributed by atoms with Gasteiger partial charge in [-0.2, -0.15) is 0 Å². The highest BCUT2D eigenvalue weighted by atomic mass is 32.2. The monoisotopic (exact) mass is 336 g/mol. The number of carbonyl (C=O) groups excluding carboxylic acids is 1. The molecule has 1 aliphatic carbocycles. The lowest BCUT2D eigenvalue weighted by atomic mass is 9.59. The molecule has 0 radical (unpaired) electrons. The summed E-state index contributed by atoms with van der Waals surface area (Å²) in [6, 6.07) is 6.90. The van der Waals surface area contributed by atoms with Crippen molar-refractivity contribution in [3.05, 3.63) is 29.8 Å².